The first-order valence-electron chi connectivity index (χ1n) is 4.72. The maximum atomic E-state index is 11.3. The minimum atomic E-state index is -1.24. The van der Waals surface area contributed by atoms with Crippen LogP contribution in [0.5, 0.6) is 0 Å². The van der Waals surface area contributed by atoms with Crippen LogP contribution in [0.15, 0.2) is 11.1 Å². The van der Waals surface area contributed by atoms with Gasteiger partial charge < -0.3 is 15.2 Å². The lowest BCUT2D eigenvalue weighted by molar-refractivity contribution is -0.131. The van der Waals surface area contributed by atoms with E-state index in [1.54, 1.807) is 27.7 Å². The van der Waals surface area contributed by atoms with Crippen molar-refractivity contribution in [3.8, 4) is 0 Å². The van der Waals surface area contributed by atoms with Crippen LogP contribution >= 0.6 is 11.6 Å². The van der Waals surface area contributed by atoms with Gasteiger partial charge in [-0.15, -0.1) is 0 Å². The number of carboxylic acids is 1. The van der Waals surface area contributed by atoms with E-state index in [0.717, 1.165) is 0 Å². The molecule has 1 atom stereocenters. The molecular weight excluding hydrogens is 234 g/mol. The van der Waals surface area contributed by atoms with Crippen molar-refractivity contribution in [2.45, 2.75) is 39.3 Å². The average molecular weight is 250 g/mol. The van der Waals surface area contributed by atoms with Gasteiger partial charge in [0.1, 0.15) is 10.6 Å². The van der Waals surface area contributed by atoms with E-state index >= 15 is 0 Å². The summed E-state index contributed by atoms with van der Waals surface area (Å²) < 4.78 is 4.98. The van der Waals surface area contributed by atoms with E-state index < -0.39 is 23.7 Å². The minimum Gasteiger partial charge on any atom is -0.477 e. The molecule has 0 rings (SSSR count). The van der Waals surface area contributed by atoms with E-state index in [4.69, 9.17) is 21.4 Å². The van der Waals surface area contributed by atoms with Crippen LogP contribution in [0.1, 0.15) is 27.7 Å². The second-order valence-corrected chi connectivity index (χ2v) is 4.66. The van der Waals surface area contributed by atoms with Gasteiger partial charge in [0.05, 0.1) is 0 Å². The zero-order valence-corrected chi connectivity index (χ0v) is 10.5. The fourth-order valence-corrected chi connectivity index (χ4v) is 1.01. The highest BCUT2D eigenvalue weighted by Gasteiger charge is 2.17. The third-order valence-corrected chi connectivity index (χ3v) is 1.63. The summed E-state index contributed by atoms with van der Waals surface area (Å²) in [5, 5.41) is 10.6. The summed E-state index contributed by atoms with van der Waals surface area (Å²) >= 11 is 5.40. The quantitative estimate of drug-likeness (QED) is 0.751. The fraction of sp³-hybridized carbons (Fsp3) is 0.600. The molecule has 0 unspecified atom stereocenters. The van der Waals surface area contributed by atoms with E-state index in [0.29, 0.717) is 0 Å². The second-order valence-electron chi connectivity index (χ2n) is 4.25. The molecule has 0 aromatic carbocycles. The molecule has 0 saturated heterocycles. The molecule has 0 aliphatic rings. The molecule has 0 saturated carbocycles. The smallest absolute Gasteiger partial charge is 0.408 e. The van der Waals surface area contributed by atoms with Crippen LogP contribution < -0.4 is 5.32 Å². The predicted molar refractivity (Wildman–Crippen MR) is 60.4 cm³/mol. The minimum absolute atomic E-state index is 0.344. The summed E-state index contributed by atoms with van der Waals surface area (Å²) in [5.41, 5.74) is -0.593. The lowest BCUT2D eigenvalue weighted by Gasteiger charge is -2.21. The Hall–Kier alpha value is -1.23. The summed E-state index contributed by atoms with van der Waals surface area (Å²) in [7, 11) is 0. The number of hydrogen-bond donors (Lipinski definition) is 2. The molecule has 0 radical (unpaired) electrons. The zero-order valence-electron chi connectivity index (χ0n) is 9.70. The van der Waals surface area contributed by atoms with Gasteiger partial charge in [0, 0.05) is 6.04 Å². The predicted octanol–water partition coefficient (Wildman–Crippen LogP) is 2.11. The first kappa shape index (κ1) is 14.8. The number of hydrogen-bond acceptors (Lipinski definition) is 3. The Morgan fingerprint density at radius 3 is 2.31 bits per heavy atom. The van der Waals surface area contributed by atoms with Crippen molar-refractivity contribution >= 4 is 23.7 Å². The first-order valence-corrected chi connectivity index (χ1v) is 5.10. The van der Waals surface area contributed by atoms with Gasteiger partial charge in [0.2, 0.25) is 0 Å². The maximum absolute atomic E-state index is 11.3. The number of ether oxygens (including phenoxy) is 1. The summed E-state index contributed by atoms with van der Waals surface area (Å²) in [4.78, 5) is 21.7. The van der Waals surface area contributed by atoms with Crippen molar-refractivity contribution in [1.29, 1.82) is 0 Å². The monoisotopic (exact) mass is 249 g/mol. The molecule has 92 valence electrons. The Morgan fingerprint density at radius 2 is 1.94 bits per heavy atom. The molecule has 0 aromatic heterocycles. The zero-order chi connectivity index (χ0) is 12.9. The largest absolute Gasteiger partial charge is 0.477 e. The normalized spacial score (nSPS) is 14.2. The van der Waals surface area contributed by atoms with Crippen molar-refractivity contribution in [3.63, 3.8) is 0 Å². The third-order valence-electron chi connectivity index (χ3n) is 1.35. The number of halogens is 1. The van der Waals surface area contributed by atoms with Gasteiger partial charge in [-0.25, -0.2) is 9.59 Å². The lowest BCUT2D eigenvalue weighted by Crippen LogP contribution is -2.37. The molecule has 0 spiro atoms. The van der Waals surface area contributed by atoms with Gasteiger partial charge in [-0.3, -0.25) is 0 Å². The molecular formula is C10H16ClNO4. The van der Waals surface area contributed by atoms with Crippen LogP contribution in [0.25, 0.3) is 0 Å². The number of carbonyl (C=O) groups excluding carboxylic acids is 1. The van der Waals surface area contributed by atoms with E-state index in [1.165, 1.54) is 6.08 Å². The number of rotatable bonds is 3. The van der Waals surface area contributed by atoms with E-state index in [1.807, 2.05) is 0 Å². The SMILES string of the molecule is C[C@@H](/C=C(/Cl)C(=O)O)NC(=O)OC(C)(C)C. The lowest BCUT2D eigenvalue weighted by atomic mass is 10.2. The van der Waals surface area contributed by atoms with Crippen molar-refractivity contribution < 1.29 is 19.4 Å². The number of carbonyl (C=O) groups is 2. The summed E-state index contributed by atoms with van der Waals surface area (Å²) in [6.07, 6.45) is 0.597. The van der Waals surface area contributed by atoms with Gasteiger partial charge in [0.25, 0.3) is 0 Å². The molecule has 5 nitrogen and oxygen atoms in total. The highest BCUT2D eigenvalue weighted by Crippen LogP contribution is 2.08. The van der Waals surface area contributed by atoms with Crippen LogP contribution in [0, 0.1) is 0 Å². The Balaban J connectivity index is 4.26. The van der Waals surface area contributed by atoms with Crippen LogP contribution in [-0.4, -0.2) is 28.8 Å². The van der Waals surface area contributed by atoms with Gasteiger partial charge in [-0.1, -0.05) is 11.6 Å². The van der Waals surface area contributed by atoms with Gasteiger partial charge in [-0.2, -0.15) is 0 Å². The Kier molecular flexibility index (Phi) is 5.30. The number of carboxylic acid groups (broad SMARTS) is 1. The highest BCUT2D eigenvalue weighted by molar-refractivity contribution is 6.40. The van der Waals surface area contributed by atoms with Crippen LogP contribution in [0.2, 0.25) is 0 Å². The van der Waals surface area contributed by atoms with Crippen molar-refractivity contribution in [3.05, 3.63) is 11.1 Å². The van der Waals surface area contributed by atoms with Crippen molar-refractivity contribution in [2.24, 2.45) is 0 Å². The summed E-state index contributed by atoms with van der Waals surface area (Å²) in [6.45, 7) is 6.79. The van der Waals surface area contributed by atoms with Gasteiger partial charge in [0.15, 0.2) is 0 Å². The Bertz CT molecular complexity index is 306. The molecule has 1 amide bonds. The van der Waals surface area contributed by atoms with Crippen LogP contribution in [-0.2, 0) is 9.53 Å². The molecule has 6 heteroatoms. The number of amides is 1. The number of alkyl carbamates (subject to hydrolysis) is 1. The number of nitrogens with one attached hydrogen (secondary N) is 1. The van der Waals surface area contributed by atoms with Crippen molar-refractivity contribution in [1.82, 2.24) is 5.32 Å². The fourth-order valence-electron chi connectivity index (χ4n) is 0.826. The maximum Gasteiger partial charge on any atom is 0.408 e. The topological polar surface area (TPSA) is 75.6 Å². The molecule has 0 aliphatic heterocycles. The Labute approximate surface area is 99.4 Å². The third kappa shape index (κ3) is 7.11. The molecule has 0 fully saturated rings. The van der Waals surface area contributed by atoms with Crippen LogP contribution in [0.4, 0.5) is 4.79 Å². The van der Waals surface area contributed by atoms with Crippen molar-refractivity contribution in [2.75, 3.05) is 0 Å². The molecule has 2 N–H and O–H groups in total. The molecule has 0 heterocycles. The van der Waals surface area contributed by atoms with Gasteiger partial charge >= 0.3 is 12.1 Å². The summed E-state index contributed by atoms with van der Waals surface area (Å²) in [6, 6.07) is -0.515. The molecule has 0 aliphatic carbocycles. The van der Waals surface area contributed by atoms with E-state index in [9.17, 15) is 9.59 Å². The van der Waals surface area contributed by atoms with E-state index in [-0.39, 0.29) is 5.03 Å². The Morgan fingerprint density at radius 1 is 1.44 bits per heavy atom. The molecule has 0 aromatic rings. The summed E-state index contributed by atoms with van der Waals surface area (Å²) in [5.74, 6) is -1.24. The highest BCUT2D eigenvalue weighted by atomic mass is 35.5. The molecule has 16 heavy (non-hydrogen) atoms. The van der Waals surface area contributed by atoms with Gasteiger partial charge in [-0.05, 0) is 33.8 Å². The van der Waals surface area contributed by atoms with Crippen LogP contribution in [0.3, 0.4) is 0 Å². The number of aliphatic carboxylic acids is 1. The average Bonchev–Trinajstić information content (AvgIpc) is 1.98. The standard InChI is InChI=1S/C10H16ClNO4/c1-6(5-7(11)8(13)14)12-9(15)16-10(2,3)4/h5-6H,1-4H3,(H,12,15)(H,13,14)/b7-5+/t6-/m0/s1. The first-order chi connectivity index (χ1) is 7.11. The molecule has 0 bridgehead atoms. The van der Waals surface area contributed by atoms with E-state index in [2.05, 4.69) is 5.32 Å². The second kappa shape index (κ2) is 5.75.